The number of carbonyl (C=O) groups excluding carboxylic acids is 2. The summed E-state index contributed by atoms with van der Waals surface area (Å²) in [6, 6.07) is 23.5. The van der Waals surface area contributed by atoms with E-state index < -0.39 is 12.1 Å². The average Bonchev–Trinajstić information content (AvgIpc) is 3.31. The molecule has 166 valence electrons. The second kappa shape index (κ2) is 9.97. The molecule has 0 unspecified atom stereocenters. The molecule has 0 saturated heterocycles. The number of nitrogens with one attached hydrogen (secondary N) is 2. The number of thiophene rings is 1. The summed E-state index contributed by atoms with van der Waals surface area (Å²) in [5.74, 6) is -0.0573. The molecule has 4 rings (SSSR count). The predicted molar refractivity (Wildman–Crippen MR) is 128 cm³/mol. The number of fused-ring (bicyclic) bond motifs is 1. The van der Waals surface area contributed by atoms with E-state index in [0.29, 0.717) is 16.2 Å². The van der Waals surface area contributed by atoms with Crippen molar-refractivity contribution in [2.45, 2.75) is 13.2 Å². The van der Waals surface area contributed by atoms with Crippen molar-refractivity contribution in [1.82, 2.24) is 5.32 Å². The molecule has 1 aromatic heterocycles. The van der Waals surface area contributed by atoms with Crippen LogP contribution in [0, 0.1) is 5.41 Å². The maximum Gasteiger partial charge on any atom is 0.407 e. The Balaban J connectivity index is 1.31. The third-order valence-electron chi connectivity index (χ3n) is 4.82. The lowest BCUT2D eigenvalue weighted by Crippen LogP contribution is -2.23. The fourth-order valence-corrected chi connectivity index (χ4v) is 3.95. The second-order valence-corrected chi connectivity index (χ2v) is 8.38. The first-order chi connectivity index (χ1) is 16.0. The molecule has 0 atom stereocenters. The topological polar surface area (TPSA) is 115 Å². The van der Waals surface area contributed by atoms with Crippen LogP contribution in [0.5, 0.6) is 5.75 Å². The first kappa shape index (κ1) is 22.0. The summed E-state index contributed by atoms with van der Waals surface area (Å²) < 4.78 is 10.7. The van der Waals surface area contributed by atoms with Crippen molar-refractivity contribution in [3.8, 4) is 5.75 Å². The Kier molecular flexibility index (Phi) is 6.66. The van der Waals surface area contributed by atoms with E-state index in [2.05, 4.69) is 5.32 Å². The zero-order valence-electron chi connectivity index (χ0n) is 17.5. The Hall–Kier alpha value is -4.17. The molecule has 8 heteroatoms. The van der Waals surface area contributed by atoms with Gasteiger partial charge in [0.05, 0.1) is 6.54 Å². The van der Waals surface area contributed by atoms with Gasteiger partial charge in [0.2, 0.25) is 0 Å². The zero-order valence-corrected chi connectivity index (χ0v) is 18.4. The van der Waals surface area contributed by atoms with E-state index in [-0.39, 0.29) is 19.0 Å². The summed E-state index contributed by atoms with van der Waals surface area (Å²) in [4.78, 5) is 25.7. The van der Waals surface area contributed by atoms with Crippen LogP contribution in [0.4, 0.5) is 4.79 Å². The van der Waals surface area contributed by atoms with E-state index in [1.54, 1.807) is 30.3 Å². The van der Waals surface area contributed by atoms with Gasteiger partial charge < -0.3 is 20.5 Å². The van der Waals surface area contributed by atoms with Crippen LogP contribution < -0.4 is 15.8 Å². The number of amides is 1. The van der Waals surface area contributed by atoms with Crippen LogP contribution in [-0.2, 0) is 17.9 Å². The Morgan fingerprint density at radius 1 is 0.939 bits per heavy atom. The highest BCUT2D eigenvalue weighted by Gasteiger charge is 2.13. The fraction of sp³-hybridized carbons (Fsp3) is 0.0800. The number of hydrogen-bond donors (Lipinski definition) is 3. The first-order valence-corrected chi connectivity index (χ1v) is 10.9. The fourth-order valence-electron chi connectivity index (χ4n) is 3.13. The Labute approximate surface area is 194 Å². The number of nitrogen functional groups attached to an aromatic ring is 1. The zero-order chi connectivity index (χ0) is 23.2. The molecule has 1 heterocycles. The summed E-state index contributed by atoms with van der Waals surface area (Å²) in [6.45, 7) is 0.441. The van der Waals surface area contributed by atoms with E-state index >= 15 is 0 Å². The first-order valence-electron chi connectivity index (χ1n) is 10.1. The number of carbonyl (C=O) groups is 2. The van der Waals surface area contributed by atoms with E-state index in [1.165, 1.54) is 11.3 Å². The summed E-state index contributed by atoms with van der Waals surface area (Å²) in [6.07, 6.45) is -0.527. The molecule has 0 radical (unpaired) electrons. The summed E-state index contributed by atoms with van der Waals surface area (Å²) in [5.41, 5.74) is 7.07. The minimum absolute atomic E-state index is 0.000138. The van der Waals surface area contributed by atoms with Gasteiger partial charge in [-0.1, -0.05) is 48.5 Å². The van der Waals surface area contributed by atoms with Gasteiger partial charge in [-0.25, -0.2) is 9.59 Å². The molecule has 33 heavy (non-hydrogen) atoms. The number of amidine groups is 1. The van der Waals surface area contributed by atoms with Gasteiger partial charge in [-0.05, 0) is 46.7 Å². The number of esters is 1. The quantitative estimate of drug-likeness (QED) is 0.158. The third kappa shape index (κ3) is 5.75. The SMILES string of the molecule is N=C(N)c1ccc2cc(OC(=O)c3ccc(CNC(=O)OCc4ccccc4)s3)ccc2c1. The predicted octanol–water partition coefficient (Wildman–Crippen LogP) is 4.83. The van der Waals surface area contributed by atoms with E-state index in [1.807, 2.05) is 48.5 Å². The summed E-state index contributed by atoms with van der Waals surface area (Å²) >= 11 is 1.24. The molecule has 0 aliphatic heterocycles. The van der Waals surface area contributed by atoms with Gasteiger partial charge in [-0.3, -0.25) is 5.41 Å². The van der Waals surface area contributed by atoms with Crippen molar-refractivity contribution in [3.05, 3.63) is 99.7 Å². The van der Waals surface area contributed by atoms with Gasteiger partial charge in [0.15, 0.2) is 0 Å². The molecule has 0 aliphatic carbocycles. The molecule has 0 spiro atoms. The van der Waals surface area contributed by atoms with Crippen LogP contribution in [-0.4, -0.2) is 17.9 Å². The van der Waals surface area contributed by atoms with E-state index in [4.69, 9.17) is 20.6 Å². The van der Waals surface area contributed by atoms with Gasteiger partial charge in [-0.2, -0.15) is 0 Å². The number of ether oxygens (including phenoxy) is 2. The molecular formula is C25H21N3O4S. The van der Waals surface area contributed by atoms with Crippen molar-refractivity contribution in [2.24, 2.45) is 5.73 Å². The van der Waals surface area contributed by atoms with Crippen molar-refractivity contribution in [2.75, 3.05) is 0 Å². The van der Waals surface area contributed by atoms with Gasteiger partial charge in [0, 0.05) is 10.4 Å². The molecule has 4 aromatic rings. The molecule has 3 aromatic carbocycles. The maximum absolute atomic E-state index is 12.5. The Bertz CT molecular complexity index is 1320. The minimum Gasteiger partial charge on any atom is -0.445 e. The molecule has 0 fully saturated rings. The number of hydrogen-bond acceptors (Lipinski definition) is 6. The van der Waals surface area contributed by atoms with Crippen LogP contribution in [0.2, 0.25) is 0 Å². The third-order valence-corrected chi connectivity index (χ3v) is 5.88. The van der Waals surface area contributed by atoms with Gasteiger partial charge in [0.1, 0.15) is 23.1 Å². The van der Waals surface area contributed by atoms with Crippen LogP contribution in [0.3, 0.4) is 0 Å². The van der Waals surface area contributed by atoms with Crippen LogP contribution in [0.15, 0.2) is 78.9 Å². The van der Waals surface area contributed by atoms with Crippen LogP contribution in [0.1, 0.15) is 25.7 Å². The maximum atomic E-state index is 12.5. The normalized spacial score (nSPS) is 10.5. The standard InChI is InChI=1S/C25H21N3O4S/c26-23(27)19-7-6-18-13-20(9-8-17(18)12-19)32-24(29)22-11-10-21(33-22)14-28-25(30)31-15-16-4-2-1-3-5-16/h1-13H,14-15H2,(H3,26,27)(H,28,30). The molecule has 0 bridgehead atoms. The molecular weight excluding hydrogens is 438 g/mol. The highest BCUT2D eigenvalue weighted by molar-refractivity contribution is 7.13. The lowest BCUT2D eigenvalue weighted by molar-refractivity contribution is 0.0740. The van der Waals surface area contributed by atoms with Gasteiger partial charge in [0.25, 0.3) is 0 Å². The molecule has 4 N–H and O–H groups in total. The average molecular weight is 460 g/mol. The van der Waals surface area contributed by atoms with Gasteiger partial charge >= 0.3 is 12.1 Å². The Morgan fingerprint density at radius 2 is 1.70 bits per heavy atom. The number of rotatable bonds is 7. The second-order valence-electron chi connectivity index (χ2n) is 7.21. The van der Waals surface area contributed by atoms with Crippen molar-refractivity contribution >= 4 is 40.0 Å². The summed E-state index contributed by atoms with van der Waals surface area (Å²) in [5, 5.41) is 12.0. The highest BCUT2D eigenvalue weighted by atomic mass is 32.1. The smallest absolute Gasteiger partial charge is 0.407 e. The molecule has 7 nitrogen and oxygen atoms in total. The Morgan fingerprint density at radius 3 is 2.48 bits per heavy atom. The number of alkyl carbamates (subject to hydrolysis) is 1. The molecule has 0 aliphatic rings. The minimum atomic E-state index is -0.527. The van der Waals surface area contributed by atoms with Crippen molar-refractivity contribution in [1.29, 1.82) is 5.41 Å². The monoisotopic (exact) mass is 459 g/mol. The number of benzene rings is 3. The molecule has 1 amide bonds. The summed E-state index contributed by atoms with van der Waals surface area (Å²) in [7, 11) is 0. The van der Waals surface area contributed by atoms with Crippen molar-refractivity contribution in [3.63, 3.8) is 0 Å². The lowest BCUT2D eigenvalue weighted by Gasteiger charge is -2.06. The lowest BCUT2D eigenvalue weighted by atomic mass is 10.1. The van der Waals surface area contributed by atoms with Crippen LogP contribution in [0.25, 0.3) is 10.8 Å². The molecule has 0 saturated carbocycles. The number of nitrogens with two attached hydrogens (primary N) is 1. The van der Waals surface area contributed by atoms with Crippen molar-refractivity contribution < 1.29 is 19.1 Å². The largest absolute Gasteiger partial charge is 0.445 e. The van der Waals surface area contributed by atoms with Gasteiger partial charge in [-0.15, -0.1) is 11.3 Å². The van der Waals surface area contributed by atoms with Crippen LogP contribution >= 0.6 is 11.3 Å². The van der Waals surface area contributed by atoms with E-state index in [9.17, 15) is 9.59 Å². The van der Waals surface area contributed by atoms with E-state index in [0.717, 1.165) is 21.2 Å². The highest BCUT2D eigenvalue weighted by Crippen LogP contribution is 2.24.